The highest BCUT2D eigenvalue weighted by Gasteiger charge is 2.44. The van der Waals surface area contributed by atoms with Gasteiger partial charge in [0.1, 0.15) is 6.54 Å². The van der Waals surface area contributed by atoms with Crippen LogP contribution in [-0.2, 0) is 10.8 Å². The fraction of sp³-hybridized carbons (Fsp3) is 0.708. The SMILES string of the molecule is CCCCCCCCCCCCCCCCCCCCN1/C(=C/C=C/C=C/C2=[N+](CCCCCCCCCCCCCCCCCCCC)c3ccccc3C2(C)C)C(C)(C)c2ccccc21.[O-][Cl+3]([O-])([O-])[O-]. The smallest absolute Gasteiger partial charge is 0.209 e. The predicted octanol–water partition coefficient (Wildman–Crippen LogP) is 16.2. The Labute approximate surface area is 445 Å². The summed E-state index contributed by atoms with van der Waals surface area (Å²) in [5.41, 5.74) is 8.59. The molecule has 2 aliphatic rings. The minimum absolute atomic E-state index is 0.00799. The Balaban J connectivity index is 0.00000260. The number of allylic oxidation sites excluding steroid dienone is 6. The van der Waals surface area contributed by atoms with Gasteiger partial charge in [-0.1, -0.05) is 294 Å². The number of anilines is 1. The summed E-state index contributed by atoms with van der Waals surface area (Å²) in [6.45, 7) is 16.5. The lowest BCUT2D eigenvalue weighted by Gasteiger charge is -2.27. The lowest BCUT2D eigenvalue weighted by atomic mass is 9.81. The van der Waals surface area contributed by atoms with E-state index in [2.05, 4.69) is 130 Å². The number of fused-ring (bicyclic) bond motifs is 2. The molecule has 2 aromatic carbocycles. The van der Waals surface area contributed by atoms with E-state index in [4.69, 9.17) is 18.6 Å². The Morgan fingerprint density at radius 2 is 0.792 bits per heavy atom. The minimum atomic E-state index is -4.94. The lowest BCUT2D eigenvalue weighted by Crippen LogP contribution is -2.68. The predicted molar refractivity (Wildman–Crippen MR) is 300 cm³/mol. The van der Waals surface area contributed by atoms with E-state index in [9.17, 15) is 0 Å². The van der Waals surface area contributed by atoms with Crippen LogP contribution in [-0.4, -0.2) is 23.4 Å². The Morgan fingerprint density at radius 1 is 0.431 bits per heavy atom. The number of rotatable bonds is 41. The first-order valence-corrected chi connectivity index (χ1v) is 31.4. The van der Waals surface area contributed by atoms with Gasteiger partial charge in [-0.25, -0.2) is 18.6 Å². The van der Waals surface area contributed by atoms with Crippen LogP contribution in [0.5, 0.6) is 0 Å². The molecule has 0 saturated heterocycles. The maximum Gasteiger partial charge on any atom is 0.209 e. The van der Waals surface area contributed by atoms with E-state index in [1.54, 1.807) is 0 Å². The monoisotopic (exact) mass is 1010 g/mol. The van der Waals surface area contributed by atoms with Crippen molar-refractivity contribution >= 4 is 17.1 Å². The summed E-state index contributed by atoms with van der Waals surface area (Å²) in [7, 11) is -4.94. The first-order valence-electron chi connectivity index (χ1n) is 30.1. The van der Waals surface area contributed by atoms with Crippen molar-refractivity contribution in [2.45, 2.75) is 284 Å². The van der Waals surface area contributed by atoms with Gasteiger partial charge in [0, 0.05) is 47.5 Å². The van der Waals surface area contributed by atoms with Gasteiger partial charge in [0.2, 0.25) is 5.69 Å². The molecule has 0 aromatic heterocycles. The van der Waals surface area contributed by atoms with Crippen molar-refractivity contribution in [2.24, 2.45) is 0 Å². The van der Waals surface area contributed by atoms with Gasteiger partial charge in [-0.2, -0.15) is 4.58 Å². The molecule has 7 heteroatoms. The van der Waals surface area contributed by atoms with E-state index in [1.165, 1.54) is 265 Å². The molecule has 408 valence electrons. The van der Waals surface area contributed by atoms with Crippen molar-refractivity contribution in [3.8, 4) is 0 Å². The fourth-order valence-corrected chi connectivity index (χ4v) is 11.5. The number of halogens is 1. The molecule has 2 aromatic rings. The van der Waals surface area contributed by atoms with Crippen LogP contribution in [0.3, 0.4) is 0 Å². The molecule has 0 unspecified atom stereocenters. The van der Waals surface area contributed by atoms with Gasteiger partial charge in [0.25, 0.3) is 0 Å². The molecule has 0 N–H and O–H groups in total. The zero-order valence-corrected chi connectivity index (χ0v) is 48.0. The standard InChI is InChI=1S/C65H107N2.ClHO4/c1-7-9-11-13-15-17-19-21-23-25-27-29-31-33-35-37-39-48-56-66-60-52-46-44-50-58(60)64(3,4)62(66)54-42-41-43-55-63-65(5,6)59-51-45-47-53-61(59)67(63)57-49-40-38-36-34-32-30-28-26-24-22-20-18-16-14-12-10-8-2;2-1(3,4)5/h41-47,50-55H,7-40,48-49,56-57H2,1-6H3;(H,2,3,4,5)/q+1;/p-1. The maximum atomic E-state index is 8.49. The summed E-state index contributed by atoms with van der Waals surface area (Å²) < 4.78 is 36.6. The van der Waals surface area contributed by atoms with E-state index < -0.39 is 10.2 Å². The van der Waals surface area contributed by atoms with Crippen LogP contribution in [0.1, 0.15) is 284 Å². The van der Waals surface area contributed by atoms with Crippen molar-refractivity contribution in [1.29, 1.82) is 0 Å². The number of benzene rings is 2. The summed E-state index contributed by atoms with van der Waals surface area (Å²) in [6.07, 6.45) is 62.8. The first kappa shape index (κ1) is 63.6. The van der Waals surface area contributed by atoms with Crippen LogP contribution in [0, 0.1) is 10.2 Å². The van der Waals surface area contributed by atoms with Crippen molar-refractivity contribution in [2.75, 3.05) is 18.0 Å². The van der Waals surface area contributed by atoms with Gasteiger partial charge in [0.15, 0.2) is 5.71 Å². The molecule has 0 bridgehead atoms. The Morgan fingerprint density at radius 3 is 1.22 bits per heavy atom. The van der Waals surface area contributed by atoms with Crippen LogP contribution < -0.4 is 23.5 Å². The summed E-state index contributed by atoms with van der Waals surface area (Å²) in [5, 5.41) is 0. The number of hydrogen-bond acceptors (Lipinski definition) is 5. The molecule has 0 radical (unpaired) electrons. The second-order valence-electron chi connectivity index (χ2n) is 22.7. The van der Waals surface area contributed by atoms with Crippen molar-refractivity contribution in [3.05, 3.63) is 95.7 Å². The van der Waals surface area contributed by atoms with E-state index in [0.717, 1.165) is 13.1 Å². The first-order chi connectivity index (χ1) is 34.8. The van der Waals surface area contributed by atoms with Crippen molar-refractivity contribution in [3.63, 3.8) is 0 Å². The van der Waals surface area contributed by atoms with Gasteiger partial charge in [-0.15, -0.1) is 10.2 Å². The van der Waals surface area contributed by atoms with Crippen LogP contribution in [0.25, 0.3) is 0 Å². The number of nitrogens with zero attached hydrogens (tertiary/aromatic N) is 2. The molecule has 0 atom stereocenters. The molecule has 2 heterocycles. The van der Waals surface area contributed by atoms with Crippen LogP contribution in [0.15, 0.2) is 84.6 Å². The summed E-state index contributed by atoms with van der Waals surface area (Å²) in [5.74, 6) is 0. The van der Waals surface area contributed by atoms with Crippen LogP contribution in [0.4, 0.5) is 11.4 Å². The van der Waals surface area contributed by atoms with Gasteiger partial charge < -0.3 is 4.90 Å². The summed E-state index contributed by atoms with van der Waals surface area (Å²) in [6, 6.07) is 18.3. The fourth-order valence-electron chi connectivity index (χ4n) is 11.5. The van der Waals surface area contributed by atoms with Gasteiger partial charge in [-0.05, 0) is 44.4 Å². The van der Waals surface area contributed by atoms with Gasteiger partial charge in [0.05, 0.1) is 5.41 Å². The topological polar surface area (TPSA) is 98.5 Å². The Bertz CT molecular complexity index is 1820. The average Bonchev–Trinajstić information content (AvgIpc) is 3.70. The molecule has 0 saturated carbocycles. The summed E-state index contributed by atoms with van der Waals surface area (Å²) in [4.78, 5) is 2.64. The molecule has 72 heavy (non-hydrogen) atoms. The second-order valence-corrected chi connectivity index (χ2v) is 23.4. The van der Waals surface area contributed by atoms with E-state index in [-0.39, 0.29) is 10.8 Å². The van der Waals surface area contributed by atoms with E-state index in [1.807, 2.05) is 0 Å². The minimum Gasteiger partial charge on any atom is -0.344 e. The molecule has 0 amide bonds. The largest absolute Gasteiger partial charge is 0.344 e. The number of unbranched alkanes of at least 4 members (excludes halogenated alkanes) is 34. The normalized spacial score (nSPS) is 15.6. The Hall–Kier alpha value is -2.74. The number of para-hydroxylation sites is 2. The van der Waals surface area contributed by atoms with Crippen LogP contribution in [0.2, 0.25) is 0 Å². The zero-order chi connectivity index (χ0) is 52.2. The zero-order valence-electron chi connectivity index (χ0n) is 47.3. The van der Waals surface area contributed by atoms with E-state index in [0.29, 0.717) is 0 Å². The average molecular weight is 1020 g/mol. The molecule has 0 spiro atoms. The van der Waals surface area contributed by atoms with Crippen molar-refractivity contribution in [1.82, 2.24) is 0 Å². The highest BCUT2D eigenvalue weighted by atomic mass is 35.7. The van der Waals surface area contributed by atoms with Crippen LogP contribution >= 0.6 is 0 Å². The molecule has 2 aliphatic heterocycles. The Kier molecular flexibility index (Phi) is 33.5. The molecular formula is C65H107ClN2O4. The second kappa shape index (κ2) is 37.9. The lowest BCUT2D eigenvalue weighted by molar-refractivity contribution is -2.00. The molecule has 6 nitrogen and oxygen atoms in total. The van der Waals surface area contributed by atoms with Gasteiger partial charge in [-0.3, -0.25) is 0 Å². The highest BCUT2D eigenvalue weighted by Crippen LogP contribution is 2.48. The van der Waals surface area contributed by atoms with E-state index >= 15 is 0 Å². The molecular weight excluding hydrogens is 908 g/mol. The summed E-state index contributed by atoms with van der Waals surface area (Å²) >= 11 is 0. The third-order valence-electron chi connectivity index (χ3n) is 15.8. The van der Waals surface area contributed by atoms with Gasteiger partial charge >= 0.3 is 0 Å². The quantitative estimate of drug-likeness (QED) is 0.0375. The van der Waals surface area contributed by atoms with Crippen molar-refractivity contribution < 1.29 is 33.5 Å². The highest BCUT2D eigenvalue weighted by molar-refractivity contribution is 6.03. The molecule has 4 rings (SSSR count). The number of hydrogen-bond donors (Lipinski definition) is 0. The molecule has 0 aliphatic carbocycles. The third-order valence-corrected chi connectivity index (χ3v) is 15.8. The maximum absolute atomic E-state index is 8.49. The third kappa shape index (κ3) is 25.7. The molecule has 0 fully saturated rings.